The van der Waals surface area contributed by atoms with E-state index in [0.717, 1.165) is 0 Å². The van der Waals surface area contributed by atoms with Gasteiger partial charge in [-0.05, 0) is 26.0 Å². The minimum absolute atomic E-state index is 0.0492. The Morgan fingerprint density at radius 3 is 2.42 bits per heavy atom. The van der Waals surface area contributed by atoms with Gasteiger partial charge in [-0.3, -0.25) is 9.36 Å². The Morgan fingerprint density at radius 1 is 1.06 bits per heavy atom. The van der Waals surface area contributed by atoms with Crippen molar-refractivity contribution in [3.63, 3.8) is 0 Å². The number of imidazole rings is 1. The molecule has 0 aliphatic carbocycles. The predicted octanol–water partition coefficient (Wildman–Crippen LogP) is 1.98. The number of amides is 1. The van der Waals surface area contributed by atoms with E-state index in [1.807, 2.05) is 19.9 Å². The van der Waals surface area contributed by atoms with Crippen molar-refractivity contribution in [2.45, 2.75) is 25.8 Å². The maximum atomic E-state index is 14.1. The van der Waals surface area contributed by atoms with Crippen molar-refractivity contribution in [2.75, 3.05) is 62.3 Å². The average Bonchev–Trinajstić information content (AvgIpc) is 3.28. The van der Waals surface area contributed by atoms with Crippen LogP contribution in [0.25, 0.3) is 17.0 Å². The van der Waals surface area contributed by atoms with Crippen molar-refractivity contribution < 1.29 is 18.3 Å². The summed E-state index contributed by atoms with van der Waals surface area (Å²) < 4.78 is 35.0. The number of alkyl halides is 2. The summed E-state index contributed by atoms with van der Waals surface area (Å²) in [5, 5.41) is 0. The number of carbonyl (C=O) groups is 1. The van der Waals surface area contributed by atoms with Crippen LogP contribution in [0.2, 0.25) is 0 Å². The molecule has 0 spiro atoms. The smallest absolute Gasteiger partial charge is 0.296 e. The van der Waals surface area contributed by atoms with Crippen molar-refractivity contribution in [3.8, 4) is 5.95 Å². The minimum Gasteiger partial charge on any atom is -0.378 e. The summed E-state index contributed by atoms with van der Waals surface area (Å²) in [6.45, 7) is 7.80. The second kappa shape index (κ2) is 9.58. The van der Waals surface area contributed by atoms with Gasteiger partial charge in [-0.25, -0.2) is 13.8 Å². The van der Waals surface area contributed by atoms with E-state index < -0.39 is 17.8 Å². The molecule has 0 bridgehead atoms. The number of hydrogen-bond acceptors (Lipinski definition) is 8. The Morgan fingerprint density at radius 2 is 1.75 bits per heavy atom. The maximum Gasteiger partial charge on any atom is 0.296 e. The standard InChI is InChI=1S/C24H30F2N8O2/c1-24(2)15-32(7-8-33(24)20(35)14-27)19-13-18(31-9-11-36-12-10-31)29-23(30-19)34-17-6-4-3-5-16(17)28-22(34)21(25)26/h3-6,13,21H,7-12,14-15,27H2,1-2H3. The number of halogens is 2. The van der Waals surface area contributed by atoms with E-state index >= 15 is 0 Å². The summed E-state index contributed by atoms with van der Waals surface area (Å²) in [5.74, 6) is 0.863. The van der Waals surface area contributed by atoms with Crippen LogP contribution >= 0.6 is 0 Å². The molecule has 2 aliphatic heterocycles. The molecule has 3 aromatic rings. The van der Waals surface area contributed by atoms with Gasteiger partial charge in [-0.15, -0.1) is 0 Å². The molecule has 36 heavy (non-hydrogen) atoms. The van der Waals surface area contributed by atoms with E-state index in [9.17, 15) is 13.6 Å². The molecule has 10 nitrogen and oxygen atoms in total. The number of hydrogen-bond donors (Lipinski definition) is 1. The fourth-order valence-corrected chi connectivity index (χ4v) is 4.95. The minimum atomic E-state index is -2.80. The van der Waals surface area contributed by atoms with Gasteiger partial charge in [0.15, 0.2) is 5.82 Å². The van der Waals surface area contributed by atoms with E-state index in [-0.39, 0.29) is 18.4 Å². The second-order valence-electron chi connectivity index (χ2n) is 9.56. The Labute approximate surface area is 207 Å². The van der Waals surface area contributed by atoms with Crippen LogP contribution in [-0.2, 0) is 9.53 Å². The summed E-state index contributed by atoms with van der Waals surface area (Å²) in [6, 6.07) is 8.85. The number of rotatable bonds is 5. The molecule has 12 heteroatoms. The van der Waals surface area contributed by atoms with Gasteiger partial charge in [0.1, 0.15) is 11.6 Å². The fourth-order valence-electron chi connectivity index (χ4n) is 4.95. The van der Waals surface area contributed by atoms with Gasteiger partial charge >= 0.3 is 0 Å². The molecule has 2 fully saturated rings. The number of para-hydroxylation sites is 2. The van der Waals surface area contributed by atoms with E-state index in [1.165, 1.54) is 4.57 Å². The van der Waals surface area contributed by atoms with Crippen LogP contribution in [-0.4, -0.2) is 88.3 Å². The third-order valence-corrected chi connectivity index (χ3v) is 6.71. The van der Waals surface area contributed by atoms with Gasteiger partial charge in [0.2, 0.25) is 11.9 Å². The van der Waals surface area contributed by atoms with Gasteiger partial charge in [0.25, 0.3) is 6.43 Å². The van der Waals surface area contributed by atoms with Crippen LogP contribution in [0.4, 0.5) is 20.4 Å². The van der Waals surface area contributed by atoms with Gasteiger partial charge in [0.05, 0.1) is 36.3 Å². The largest absolute Gasteiger partial charge is 0.378 e. The number of aromatic nitrogens is 4. The lowest BCUT2D eigenvalue weighted by Gasteiger charge is -2.47. The summed E-state index contributed by atoms with van der Waals surface area (Å²) in [7, 11) is 0. The van der Waals surface area contributed by atoms with Crippen LogP contribution in [0.3, 0.4) is 0 Å². The Bertz CT molecular complexity index is 1260. The Balaban J connectivity index is 1.61. The number of ether oxygens (including phenoxy) is 1. The first-order valence-electron chi connectivity index (χ1n) is 12.0. The van der Waals surface area contributed by atoms with Crippen LogP contribution in [0, 0.1) is 0 Å². The summed E-state index contributed by atoms with van der Waals surface area (Å²) in [5.41, 5.74) is 6.09. The highest BCUT2D eigenvalue weighted by Crippen LogP contribution is 2.31. The lowest BCUT2D eigenvalue weighted by atomic mass is 9.98. The first-order chi connectivity index (χ1) is 17.3. The zero-order chi connectivity index (χ0) is 25.4. The molecule has 1 amide bonds. The quantitative estimate of drug-likeness (QED) is 0.567. The number of nitrogens with zero attached hydrogens (tertiary/aromatic N) is 7. The highest BCUT2D eigenvalue weighted by molar-refractivity contribution is 5.79. The number of carbonyl (C=O) groups excluding carboxylic acids is 1. The third-order valence-electron chi connectivity index (χ3n) is 6.71. The van der Waals surface area contributed by atoms with E-state index in [0.29, 0.717) is 68.6 Å². The van der Waals surface area contributed by atoms with Gasteiger partial charge in [0, 0.05) is 38.8 Å². The van der Waals surface area contributed by atoms with Crippen molar-refractivity contribution in [2.24, 2.45) is 5.73 Å². The summed E-state index contributed by atoms with van der Waals surface area (Å²) in [6.07, 6.45) is -2.80. The SMILES string of the molecule is CC1(C)CN(c2cc(N3CCOCC3)nc(-n3c(C(F)F)nc4ccccc43)n2)CCN1C(=O)CN. The van der Waals surface area contributed by atoms with Crippen molar-refractivity contribution in [1.29, 1.82) is 0 Å². The number of fused-ring (bicyclic) bond motifs is 1. The lowest BCUT2D eigenvalue weighted by Crippen LogP contribution is -2.62. The molecule has 2 aliphatic rings. The van der Waals surface area contributed by atoms with E-state index in [4.69, 9.17) is 20.4 Å². The molecule has 192 valence electrons. The summed E-state index contributed by atoms with van der Waals surface area (Å²) in [4.78, 5) is 31.9. The molecule has 2 N–H and O–H groups in total. The highest BCUT2D eigenvalue weighted by atomic mass is 19.3. The molecule has 2 saturated heterocycles. The lowest BCUT2D eigenvalue weighted by molar-refractivity contribution is -0.135. The van der Waals surface area contributed by atoms with Crippen LogP contribution in [0.1, 0.15) is 26.1 Å². The van der Waals surface area contributed by atoms with Crippen molar-refractivity contribution >= 4 is 28.6 Å². The van der Waals surface area contributed by atoms with Gasteiger partial charge in [-0.1, -0.05) is 12.1 Å². The highest BCUT2D eigenvalue weighted by Gasteiger charge is 2.37. The zero-order valence-corrected chi connectivity index (χ0v) is 20.4. The zero-order valence-electron chi connectivity index (χ0n) is 20.4. The third kappa shape index (κ3) is 4.46. The number of benzene rings is 1. The molecule has 1 aromatic carbocycles. The molecule has 0 radical (unpaired) electrons. The predicted molar refractivity (Wildman–Crippen MR) is 132 cm³/mol. The molecule has 0 atom stereocenters. The number of piperazine rings is 1. The maximum absolute atomic E-state index is 14.1. The first-order valence-corrected chi connectivity index (χ1v) is 12.0. The Kier molecular flexibility index (Phi) is 6.47. The fraction of sp³-hybridized carbons (Fsp3) is 0.500. The first kappa shape index (κ1) is 24.3. The normalized spacial score (nSPS) is 18.3. The molecule has 5 rings (SSSR count). The topological polar surface area (TPSA) is 106 Å². The van der Waals surface area contributed by atoms with E-state index in [1.54, 1.807) is 29.2 Å². The second-order valence-corrected chi connectivity index (χ2v) is 9.56. The number of anilines is 2. The van der Waals surface area contributed by atoms with Gasteiger partial charge in [-0.2, -0.15) is 9.97 Å². The number of morpholine rings is 1. The van der Waals surface area contributed by atoms with Crippen molar-refractivity contribution in [3.05, 3.63) is 36.2 Å². The molecular formula is C24H30F2N8O2. The monoisotopic (exact) mass is 500 g/mol. The van der Waals surface area contributed by atoms with Gasteiger partial charge < -0.3 is 25.2 Å². The van der Waals surface area contributed by atoms with Crippen LogP contribution in [0.5, 0.6) is 0 Å². The molecule has 0 saturated carbocycles. The Hall–Kier alpha value is -3.38. The van der Waals surface area contributed by atoms with Crippen LogP contribution < -0.4 is 15.5 Å². The molecule has 2 aromatic heterocycles. The van der Waals surface area contributed by atoms with Crippen LogP contribution in [0.15, 0.2) is 30.3 Å². The average molecular weight is 501 g/mol. The molecule has 0 unspecified atom stereocenters. The van der Waals surface area contributed by atoms with Crippen molar-refractivity contribution in [1.82, 2.24) is 24.4 Å². The van der Waals surface area contributed by atoms with E-state index in [2.05, 4.69) is 14.8 Å². The summed E-state index contributed by atoms with van der Waals surface area (Å²) >= 11 is 0. The number of nitrogens with two attached hydrogens (primary N) is 1. The molecule has 4 heterocycles. The molecular weight excluding hydrogens is 470 g/mol.